The lowest BCUT2D eigenvalue weighted by atomic mass is 10.2. The van der Waals surface area contributed by atoms with Crippen LogP contribution in [0.2, 0.25) is 0 Å². The molecule has 10 heteroatoms. The van der Waals surface area contributed by atoms with Crippen LogP contribution in [-0.2, 0) is 22.5 Å². The molecule has 0 atom stereocenters. The van der Waals surface area contributed by atoms with Crippen LogP contribution in [0.4, 0.5) is 0 Å². The van der Waals surface area contributed by atoms with Gasteiger partial charge in [-0.1, -0.05) is 23.9 Å². The number of ether oxygens (including phenoxy) is 1. The van der Waals surface area contributed by atoms with Gasteiger partial charge in [-0.3, -0.25) is 9.48 Å². The fraction of sp³-hybridized carbons (Fsp3) is 0.409. The number of thioether (sulfide) groups is 1. The Bertz CT molecular complexity index is 1230. The van der Waals surface area contributed by atoms with Crippen LogP contribution in [0.5, 0.6) is 0 Å². The van der Waals surface area contributed by atoms with E-state index in [1.807, 2.05) is 42.8 Å². The molecule has 168 valence electrons. The molecule has 1 N–H and O–H groups in total. The van der Waals surface area contributed by atoms with Crippen LogP contribution in [0.15, 0.2) is 35.5 Å². The fourth-order valence-electron chi connectivity index (χ4n) is 3.51. The van der Waals surface area contributed by atoms with Crippen LogP contribution in [0, 0.1) is 13.8 Å². The van der Waals surface area contributed by atoms with E-state index in [-0.39, 0.29) is 11.7 Å². The molecule has 0 aliphatic carbocycles. The van der Waals surface area contributed by atoms with Crippen LogP contribution >= 0.6 is 11.8 Å². The van der Waals surface area contributed by atoms with E-state index in [0.717, 1.165) is 40.2 Å². The van der Waals surface area contributed by atoms with Crippen LogP contribution in [0.25, 0.3) is 16.6 Å². The third-order valence-corrected chi connectivity index (χ3v) is 5.95. The number of fused-ring (bicyclic) bond motifs is 3. The lowest BCUT2D eigenvalue weighted by Gasteiger charge is -2.07. The maximum atomic E-state index is 12.2. The number of aryl methyl sites for hydroxylation is 4. The second-order valence-corrected chi connectivity index (χ2v) is 8.50. The van der Waals surface area contributed by atoms with Gasteiger partial charge in [0.05, 0.1) is 17.0 Å². The van der Waals surface area contributed by atoms with Crippen molar-refractivity contribution < 1.29 is 9.53 Å². The Balaban J connectivity index is 1.54. The van der Waals surface area contributed by atoms with Crippen molar-refractivity contribution in [2.75, 3.05) is 26.0 Å². The molecule has 0 saturated heterocycles. The van der Waals surface area contributed by atoms with E-state index in [4.69, 9.17) is 19.8 Å². The first kappa shape index (κ1) is 22.2. The highest BCUT2D eigenvalue weighted by Gasteiger charge is 2.15. The predicted molar refractivity (Wildman–Crippen MR) is 124 cm³/mol. The molecule has 1 aromatic carbocycles. The smallest absolute Gasteiger partial charge is 0.230 e. The molecular weight excluding hydrogens is 426 g/mol. The minimum atomic E-state index is -0.0425. The number of benzene rings is 1. The molecule has 3 aromatic heterocycles. The van der Waals surface area contributed by atoms with Crippen molar-refractivity contribution in [2.24, 2.45) is 0 Å². The van der Waals surface area contributed by atoms with Crippen LogP contribution in [0.1, 0.15) is 23.6 Å². The summed E-state index contributed by atoms with van der Waals surface area (Å²) in [5.41, 5.74) is 3.70. The van der Waals surface area contributed by atoms with Crippen molar-refractivity contribution in [3.05, 3.63) is 47.5 Å². The van der Waals surface area contributed by atoms with Gasteiger partial charge in [0.15, 0.2) is 16.6 Å². The first-order valence-electron chi connectivity index (χ1n) is 10.6. The lowest BCUT2D eigenvalue weighted by Crippen LogP contribution is -2.27. The molecule has 0 spiro atoms. The quantitative estimate of drug-likeness (QED) is 0.224. The number of aromatic nitrogens is 6. The SMILES string of the molecule is COCCCNC(=O)CSc1nc2ccccc2c2nc(CCn3nc(C)cc3C)nn12. The molecule has 0 bridgehead atoms. The number of carbonyl (C=O) groups is 1. The third kappa shape index (κ3) is 5.08. The van der Waals surface area contributed by atoms with E-state index in [2.05, 4.69) is 16.5 Å². The van der Waals surface area contributed by atoms with Gasteiger partial charge in [0.25, 0.3) is 0 Å². The second-order valence-electron chi connectivity index (χ2n) is 7.56. The molecule has 0 aliphatic rings. The predicted octanol–water partition coefficient (Wildman–Crippen LogP) is 2.58. The Morgan fingerprint density at radius 2 is 2.03 bits per heavy atom. The second kappa shape index (κ2) is 10.1. The molecule has 0 unspecified atom stereocenters. The van der Waals surface area contributed by atoms with Gasteiger partial charge in [-0.2, -0.15) is 9.61 Å². The van der Waals surface area contributed by atoms with Crippen molar-refractivity contribution in [3.8, 4) is 0 Å². The number of methoxy groups -OCH3 is 1. The number of para-hydroxylation sites is 1. The molecule has 3 heterocycles. The number of nitrogens with one attached hydrogen (secondary N) is 1. The number of carbonyl (C=O) groups excluding carboxylic acids is 1. The summed E-state index contributed by atoms with van der Waals surface area (Å²) in [6.07, 6.45) is 1.44. The summed E-state index contributed by atoms with van der Waals surface area (Å²) in [5.74, 6) is 0.939. The highest BCUT2D eigenvalue weighted by Crippen LogP contribution is 2.24. The maximum Gasteiger partial charge on any atom is 0.230 e. The van der Waals surface area contributed by atoms with Gasteiger partial charge in [-0.25, -0.2) is 9.97 Å². The van der Waals surface area contributed by atoms with Crippen LogP contribution < -0.4 is 5.32 Å². The Morgan fingerprint density at radius 3 is 2.81 bits per heavy atom. The normalized spacial score (nSPS) is 11.5. The Labute approximate surface area is 190 Å². The van der Waals surface area contributed by atoms with Crippen molar-refractivity contribution in [1.82, 2.24) is 34.7 Å². The van der Waals surface area contributed by atoms with Crippen molar-refractivity contribution >= 4 is 34.2 Å². The van der Waals surface area contributed by atoms with E-state index in [9.17, 15) is 4.79 Å². The Morgan fingerprint density at radius 1 is 1.19 bits per heavy atom. The summed E-state index contributed by atoms with van der Waals surface area (Å²) >= 11 is 1.36. The van der Waals surface area contributed by atoms with Gasteiger partial charge in [0.2, 0.25) is 5.91 Å². The molecule has 9 nitrogen and oxygen atoms in total. The number of amides is 1. The minimum Gasteiger partial charge on any atom is -0.385 e. The topological polar surface area (TPSA) is 99.2 Å². The molecule has 0 aliphatic heterocycles. The Kier molecular flexibility index (Phi) is 7.01. The molecule has 0 radical (unpaired) electrons. The zero-order valence-corrected chi connectivity index (χ0v) is 19.4. The molecule has 0 fully saturated rings. The minimum absolute atomic E-state index is 0.0425. The molecule has 32 heavy (non-hydrogen) atoms. The van der Waals surface area contributed by atoms with Crippen LogP contribution in [0.3, 0.4) is 0 Å². The van der Waals surface area contributed by atoms with Gasteiger partial charge in [0, 0.05) is 44.3 Å². The maximum absolute atomic E-state index is 12.2. The summed E-state index contributed by atoms with van der Waals surface area (Å²) in [4.78, 5) is 21.8. The summed E-state index contributed by atoms with van der Waals surface area (Å²) in [6, 6.07) is 9.92. The van der Waals surface area contributed by atoms with Crippen LogP contribution in [-0.4, -0.2) is 61.3 Å². The van der Waals surface area contributed by atoms with Crippen molar-refractivity contribution in [2.45, 2.75) is 38.4 Å². The average Bonchev–Trinajstić information content (AvgIpc) is 3.36. The highest BCUT2D eigenvalue weighted by molar-refractivity contribution is 7.99. The summed E-state index contributed by atoms with van der Waals surface area (Å²) in [5, 5.41) is 13.7. The monoisotopic (exact) mass is 453 g/mol. The van der Waals surface area contributed by atoms with Crippen molar-refractivity contribution in [1.29, 1.82) is 0 Å². The van der Waals surface area contributed by atoms with E-state index < -0.39 is 0 Å². The van der Waals surface area contributed by atoms with E-state index in [1.54, 1.807) is 11.6 Å². The Hall–Kier alpha value is -2.98. The molecule has 1 amide bonds. The zero-order chi connectivity index (χ0) is 22.5. The van der Waals surface area contributed by atoms with Gasteiger partial charge in [-0.05, 0) is 38.5 Å². The lowest BCUT2D eigenvalue weighted by molar-refractivity contribution is -0.118. The van der Waals surface area contributed by atoms with Crippen molar-refractivity contribution in [3.63, 3.8) is 0 Å². The fourth-order valence-corrected chi connectivity index (χ4v) is 4.28. The highest BCUT2D eigenvalue weighted by atomic mass is 32.2. The molecule has 4 aromatic rings. The average molecular weight is 454 g/mol. The van der Waals surface area contributed by atoms with Gasteiger partial charge >= 0.3 is 0 Å². The first-order chi connectivity index (χ1) is 15.5. The largest absolute Gasteiger partial charge is 0.385 e. The van der Waals surface area contributed by atoms with E-state index in [0.29, 0.717) is 31.3 Å². The first-order valence-corrected chi connectivity index (χ1v) is 11.6. The number of hydrogen-bond donors (Lipinski definition) is 1. The molecule has 0 saturated carbocycles. The van der Waals surface area contributed by atoms with E-state index in [1.165, 1.54) is 11.8 Å². The summed E-state index contributed by atoms with van der Waals surface area (Å²) < 4.78 is 8.73. The number of rotatable bonds is 10. The third-order valence-electron chi connectivity index (χ3n) is 5.02. The standard InChI is InChI=1S/C22H27N7O2S/c1-15-13-16(2)28(26-15)11-9-19-25-21-17-7-4-5-8-18(17)24-22(29(21)27-19)32-14-20(30)23-10-6-12-31-3/h4-5,7-8,13H,6,9-12,14H2,1-3H3,(H,23,30). The summed E-state index contributed by atoms with van der Waals surface area (Å²) in [7, 11) is 1.65. The van der Waals surface area contributed by atoms with Gasteiger partial charge in [0.1, 0.15) is 0 Å². The summed E-state index contributed by atoms with van der Waals surface area (Å²) in [6.45, 7) is 5.95. The zero-order valence-electron chi connectivity index (χ0n) is 18.5. The molecular formula is C22H27N7O2S. The number of hydrogen-bond acceptors (Lipinski definition) is 7. The van der Waals surface area contributed by atoms with Gasteiger partial charge < -0.3 is 10.1 Å². The number of nitrogens with zero attached hydrogens (tertiary/aromatic N) is 6. The van der Waals surface area contributed by atoms with E-state index >= 15 is 0 Å². The van der Waals surface area contributed by atoms with Gasteiger partial charge in [-0.15, -0.1) is 5.10 Å². The molecule has 4 rings (SSSR count).